The highest BCUT2D eigenvalue weighted by atomic mass is 32.2. The van der Waals surface area contributed by atoms with Gasteiger partial charge in [-0.3, -0.25) is 0 Å². The normalized spacial score (nSPS) is 11.5. The fourth-order valence-corrected chi connectivity index (χ4v) is 3.29. The van der Waals surface area contributed by atoms with Crippen LogP contribution in [0.3, 0.4) is 0 Å². The van der Waals surface area contributed by atoms with E-state index in [1.807, 2.05) is 0 Å². The molecule has 19 heavy (non-hydrogen) atoms. The summed E-state index contributed by atoms with van der Waals surface area (Å²) in [6.07, 6.45) is 0. The smallest absolute Gasteiger partial charge is 0.335 e. The summed E-state index contributed by atoms with van der Waals surface area (Å²) >= 11 is 0. The standard InChI is InChI=1S/C11H14N4O3S/c1-6-4-9(12)5-7(2)10(6)19(16,17)15-11-13-8(3)14-18-11/h4-5H,12H2,1-3H3,(H,13,14,15). The number of sulfonamides is 1. The van der Waals surface area contributed by atoms with Gasteiger partial charge in [-0.15, -0.1) is 0 Å². The van der Waals surface area contributed by atoms with E-state index >= 15 is 0 Å². The zero-order valence-electron chi connectivity index (χ0n) is 10.8. The van der Waals surface area contributed by atoms with Gasteiger partial charge in [0.1, 0.15) is 0 Å². The predicted octanol–water partition coefficient (Wildman–Crippen LogP) is 1.38. The Kier molecular flexibility index (Phi) is 3.19. The maximum absolute atomic E-state index is 12.3. The first-order chi connectivity index (χ1) is 8.79. The van der Waals surface area contributed by atoms with Gasteiger partial charge in [-0.2, -0.15) is 4.98 Å². The number of hydrogen-bond acceptors (Lipinski definition) is 6. The molecule has 8 heteroatoms. The van der Waals surface area contributed by atoms with Crippen molar-refractivity contribution < 1.29 is 12.9 Å². The highest BCUT2D eigenvalue weighted by molar-refractivity contribution is 7.92. The van der Waals surface area contributed by atoms with Crippen LogP contribution in [0.1, 0.15) is 17.0 Å². The number of nitrogens with zero attached hydrogens (tertiary/aromatic N) is 2. The molecule has 3 N–H and O–H groups in total. The second kappa shape index (κ2) is 4.54. The van der Waals surface area contributed by atoms with Crippen molar-refractivity contribution in [1.29, 1.82) is 0 Å². The van der Waals surface area contributed by atoms with Gasteiger partial charge >= 0.3 is 6.01 Å². The minimum absolute atomic E-state index is 0.159. The van der Waals surface area contributed by atoms with E-state index in [-0.39, 0.29) is 10.9 Å². The van der Waals surface area contributed by atoms with Gasteiger partial charge in [-0.1, -0.05) is 5.16 Å². The Hall–Kier alpha value is -2.09. The third-order valence-electron chi connectivity index (χ3n) is 2.50. The van der Waals surface area contributed by atoms with Gasteiger partial charge in [0.25, 0.3) is 10.0 Å². The number of nitrogen functional groups attached to an aromatic ring is 1. The fraction of sp³-hybridized carbons (Fsp3) is 0.273. The monoisotopic (exact) mass is 282 g/mol. The summed E-state index contributed by atoms with van der Waals surface area (Å²) in [7, 11) is -3.78. The Morgan fingerprint density at radius 1 is 1.21 bits per heavy atom. The lowest BCUT2D eigenvalue weighted by atomic mass is 10.1. The average Bonchev–Trinajstić information content (AvgIpc) is 2.60. The Morgan fingerprint density at radius 2 is 1.79 bits per heavy atom. The first-order valence-electron chi connectivity index (χ1n) is 5.49. The first kappa shape index (κ1) is 13.3. The number of nitrogens with one attached hydrogen (secondary N) is 1. The molecule has 0 aliphatic rings. The summed E-state index contributed by atoms with van der Waals surface area (Å²) in [6.45, 7) is 4.95. The lowest BCUT2D eigenvalue weighted by Crippen LogP contribution is -2.16. The summed E-state index contributed by atoms with van der Waals surface area (Å²) in [5.74, 6) is 0.350. The molecule has 0 atom stereocenters. The molecule has 0 aliphatic heterocycles. The van der Waals surface area contributed by atoms with Crippen LogP contribution < -0.4 is 10.5 Å². The highest BCUT2D eigenvalue weighted by Gasteiger charge is 2.22. The molecule has 2 rings (SSSR count). The molecule has 0 fully saturated rings. The maximum Gasteiger partial charge on any atom is 0.335 e. The molecule has 0 bridgehead atoms. The molecule has 7 nitrogen and oxygen atoms in total. The van der Waals surface area contributed by atoms with E-state index in [9.17, 15) is 8.42 Å². The molecule has 0 radical (unpaired) electrons. The van der Waals surface area contributed by atoms with Crippen molar-refractivity contribution >= 4 is 21.7 Å². The Labute approximate surface area is 110 Å². The van der Waals surface area contributed by atoms with E-state index in [1.54, 1.807) is 32.9 Å². The Bertz CT molecular complexity index is 698. The minimum Gasteiger partial charge on any atom is -0.399 e. The number of hydrogen-bond donors (Lipinski definition) is 2. The topological polar surface area (TPSA) is 111 Å². The van der Waals surface area contributed by atoms with Gasteiger partial charge in [0, 0.05) is 5.69 Å². The minimum atomic E-state index is -3.78. The van der Waals surface area contributed by atoms with Crippen LogP contribution in [0.5, 0.6) is 0 Å². The maximum atomic E-state index is 12.3. The molecule has 0 saturated carbocycles. The average molecular weight is 282 g/mol. The zero-order valence-corrected chi connectivity index (χ0v) is 11.6. The van der Waals surface area contributed by atoms with Crippen molar-refractivity contribution in [2.45, 2.75) is 25.7 Å². The molecule has 102 valence electrons. The fourth-order valence-electron chi connectivity index (χ4n) is 1.91. The van der Waals surface area contributed by atoms with Gasteiger partial charge in [0.15, 0.2) is 5.82 Å². The summed E-state index contributed by atoms with van der Waals surface area (Å²) in [5, 5.41) is 3.52. The van der Waals surface area contributed by atoms with Crippen molar-refractivity contribution in [2.75, 3.05) is 10.5 Å². The van der Waals surface area contributed by atoms with Gasteiger partial charge in [-0.05, 0) is 44.0 Å². The Morgan fingerprint density at radius 3 is 2.26 bits per heavy atom. The van der Waals surface area contributed by atoms with Crippen molar-refractivity contribution in [2.24, 2.45) is 0 Å². The number of benzene rings is 1. The molecule has 0 spiro atoms. The van der Waals surface area contributed by atoms with Crippen molar-refractivity contribution in [3.05, 3.63) is 29.1 Å². The molecule has 1 heterocycles. The van der Waals surface area contributed by atoms with Crippen molar-refractivity contribution in [3.63, 3.8) is 0 Å². The molecule has 0 saturated heterocycles. The molecule has 1 aromatic heterocycles. The number of nitrogens with two attached hydrogens (primary N) is 1. The number of aryl methyl sites for hydroxylation is 3. The molecular weight excluding hydrogens is 268 g/mol. The third kappa shape index (κ3) is 2.68. The zero-order chi connectivity index (χ0) is 14.2. The van der Waals surface area contributed by atoms with E-state index in [4.69, 9.17) is 10.3 Å². The van der Waals surface area contributed by atoms with Crippen LogP contribution in [0.25, 0.3) is 0 Å². The molecule has 1 aromatic carbocycles. The van der Waals surface area contributed by atoms with Crippen LogP contribution in [0.2, 0.25) is 0 Å². The van der Waals surface area contributed by atoms with Gasteiger partial charge < -0.3 is 10.3 Å². The second-order valence-corrected chi connectivity index (χ2v) is 5.86. The predicted molar refractivity (Wildman–Crippen MR) is 70.2 cm³/mol. The number of anilines is 2. The summed E-state index contributed by atoms with van der Waals surface area (Å²) in [6, 6.07) is 3.04. The van der Waals surface area contributed by atoms with Crippen LogP contribution in [0, 0.1) is 20.8 Å². The highest BCUT2D eigenvalue weighted by Crippen LogP contribution is 2.24. The van der Waals surface area contributed by atoms with Crippen molar-refractivity contribution in [3.8, 4) is 0 Å². The van der Waals surface area contributed by atoms with E-state index < -0.39 is 10.0 Å². The van der Waals surface area contributed by atoms with Crippen LogP contribution in [-0.2, 0) is 10.0 Å². The molecule has 0 amide bonds. The Balaban J connectivity index is 2.45. The first-order valence-corrected chi connectivity index (χ1v) is 6.98. The lowest BCUT2D eigenvalue weighted by Gasteiger charge is -2.11. The largest absolute Gasteiger partial charge is 0.399 e. The molecular formula is C11H14N4O3S. The van der Waals surface area contributed by atoms with E-state index in [2.05, 4.69) is 14.9 Å². The van der Waals surface area contributed by atoms with Gasteiger partial charge in [-0.25, -0.2) is 13.1 Å². The van der Waals surface area contributed by atoms with E-state index in [0.29, 0.717) is 22.6 Å². The quantitative estimate of drug-likeness (QED) is 0.823. The molecule has 2 aromatic rings. The lowest BCUT2D eigenvalue weighted by molar-refractivity contribution is 0.429. The SMILES string of the molecule is Cc1noc(NS(=O)(=O)c2c(C)cc(N)cc2C)n1. The van der Waals surface area contributed by atoms with E-state index in [1.165, 1.54) is 0 Å². The van der Waals surface area contributed by atoms with Crippen LogP contribution in [0.15, 0.2) is 21.6 Å². The van der Waals surface area contributed by atoms with Crippen LogP contribution in [0.4, 0.5) is 11.7 Å². The molecule has 0 unspecified atom stereocenters. The van der Waals surface area contributed by atoms with E-state index in [0.717, 1.165) is 0 Å². The van der Waals surface area contributed by atoms with Gasteiger partial charge in [0.2, 0.25) is 0 Å². The second-order valence-electron chi connectivity index (χ2n) is 4.24. The van der Waals surface area contributed by atoms with Crippen molar-refractivity contribution in [1.82, 2.24) is 10.1 Å². The van der Waals surface area contributed by atoms with Crippen LogP contribution in [-0.4, -0.2) is 18.6 Å². The van der Waals surface area contributed by atoms with Gasteiger partial charge in [0.05, 0.1) is 4.90 Å². The summed E-state index contributed by atoms with van der Waals surface area (Å²) in [5.41, 5.74) is 7.30. The van der Waals surface area contributed by atoms with Crippen LogP contribution >= 0.6 is 0 Å². The number of rotatable bonds is 3. The third-order valence-corrected chi connectivity index (χ3v) is 4.13. The summed E-state index contributed by atoms with van der Waals surface area (Å²) in [4.78, 5) is 3.97. The summed E-state index contributed by atoms with van der Waals surface area (Å²) < 4.78 is 31.6. The molecule has 0 aliphatic carbocycles. The number of aromatic nitrogens is 2.